The molecule has 0 spiro atoms. The molecule has 9 nitrogen and oxygen atoms in total. The summed E-state index contributed by atoms with van der Waals surface area (Å²) in [5, 5.41) is 9.31. The lowest BCUT2D eigenvalue weighted by Gasteiger charge is -2.27. The minimum absolute atomic E-state index is 0.0392. The van der Waals surface area contributed by atoms with Gasteiger partial charge in [0.1, 0.15) is 11.9 Å². The Hall–Kier alpha value is -3.54. The van der Waals surface area contributed by atoms with Crippen LogP contribution in [0.25, 0.3) is 10.1 Å². The quantitative estimate of drug-likeness (QED) is 0.300. The van der Waals surface area contributed by atoms with Crippen LogP contribution in [0.15, 0.2) is 46.9 Å². The fourth-order valence-electron chi connectivity index (χ4n) is 3.49. The standard InChI is InChI=1S/C25H26FN3O6S/c1-32-9-8-20(18-14-36-24-17(18)4-3-5-19(24)26)28-29-23(30)11-27-25(31)15-6-7-21(22(10-15)33-2)35-16-12-34-13-16/h3-7,10,14,16H,8-9,11-13H2,1-2H3,(H,27,31)(H,29,30). The number of rotatable bonds is 11. The van der Waals surface area contributed by atoms with Crippen molar-refractivity contribution in [3.63, 3.8) is 0 Å². The van der Waals surface area contributed by atoms with E-state index in [0.717, 1.165) is 5.56 Å². The van der Waals surface area contributed by atoms with Crippen LogP contribution in [0.1, 0.15) is 22.3 Å². The van der Waals surface area contributed by atoms with Crippen molar-refractivity contribution in [2.45, 2.75) is 12.5 Å². The zero-order chi connectivity index (χ0) is 25.5. The Kier molecular flexibility index (Phi) is 8.47. The van der Waals surface area contributed by atoms with Crippen LogP contribution in [-0.4, -0.2) is 64.2 Å². The van der Waals surface area contributed by atoms with Crippen LogP contribution in [-0.2, 0) is 14.3 Å². The molecule has 2 amide bonds. The number of nitrogens with zero attached hydrogens (tertiary/aromatic N) is 1. The van der Waals surface area contributed by atoms with E-state index in [1.54, 1.807) is 42.8 Å². The van der Waals surface area contributed by atoms with Gasteiger partial charge in [0.2, 0.25) is 0 Å². The number of carbonyl (C=O) groups is 2. The maximum absolute atomic E-state index is 14.1. The topological polar surface area (TPSA) is 107 Å². The summed E-state index contributed by atoms with van der Waals surface area (Å²) >= 11 is 1.27. The summed E-state index contributed by atoms with van der Waals surface area (Å²) in [4.78, 5) is 25.0. The average molecular weight is 516 g/mol. The summed E-state index contributed by atoms with van der Waals surface area (Å²) < 4.78 is 36.0. The molecule has 0 radical (unpaired) electrons. The predicted octanol–water partition coefficient (Wildman–Crippen LogP) is 3.11. The molecule has 1 saturated heterocycles. The monoisotopic (exact) mass is 515 g/mol. The molecule has 11 heteroatoms. The van der Waals surface area contributed by atoms with Crippen LogP contribution < -0.4 is 20.2 Å². The molecule has 1 aliphatic heterocycles. The molecule has 1 fully saturated rings. The molecule has 0 aliphatic carbocycles. The zero-order valence-electron chi connectivity index (χ0n) is 19.8. The second-order valence-corrected chi connectivity index (χ2v) is 8.81. The third kappa shape index (κ3) is 5.99. The highest BCUT2D eigenvalue weighted by Crippen LogP contribution is 2.30. The normalized spacial score (nSPS) is 13.8. The first-order chi connectivity index (χ1) is 17.5. The zero-order valence-corrected chi connectivity index (χ0v) is 20.7. The van der Waals surface area contributed by atoms with Crippen LogP contribution in [0, 0.1) is 5.82 Å². The number of nitrogens with one attached hydrogen (secondary N) is 2. The highest BCUT2D eigenvalue weighted by atomic mass is 32.1. The molecule has 36 heavy (non-hydrogen) atoms. The van der Waals surface area contributed by atoms with Crippen molar-refractivity contribution in [2.24, 2.45) is 5.10 Å². The fourth-order valence-corrected chi connectivity index (χ4v) is 4.48. The lowest BCUT2D eigenvalue weighted by Crippen LogP contribution is -2.38. The number of halogens is 1. The Morgan fingerprint density at radius 1 is 1.19 bits per heavy atom. The Labute approximate surface area is 211 Å². The molecule has 0 unspecified atom stereocenters. The van der Waals surface area contributed by atoms with Gasteiger partial charge in [0.05, 0.1) is 43.9 Å². The van der Waals surface area contributed by atoms with Crippen molar-refractivity contribution in [2.75, 3.05) is 40.6 Å². The number of hydrogen-bond donors (Lipinski definition) is 2. The third-order valence-corrected chi connectivity index (χ3v) is 6.46. The molecular formula is C25H26FN3O6S. The number of hydrazone groups is 1. The summed E-state index contributed by atoms with van der Waals surface area (Å²) in [6.07, 6.45) is 0.370. The van der Waals surface area contributed by atoms with Crippen molar-refractivity contribution < 1.29 is 32.9 Å². The molecular weight excluding hydrogens is 489 g/mol. The number of thiophene rings is 1. The maximum Gasteiger partial charge on any atom is 0.259 e. The molecule has 2 aromatic carbocycles. The first kappa shape index (κ1) is 25.5. The number of methoxy groups -OCH3 is 2. The molecule has 1 aromatic heterocycles. The summed E-state index contributed by atoms with van der Waals surface area (Å²) in [5.74, 6) is -0.356. The van der Waals surface area contributed by atoms with Gasteiger partial charge in [-0.05, 0) is 24.3 Å². The maximum atomic E-state index is 14.1. The molecule has 4 rings (SSSR count). The Bertz CT molecular complexity index is 1270. The number of ether oxygens (including phenoxy) is 4. The van der Waals surface area contributed by atoms with E-state index >= 15 is 0 Å². The van der Waals surface area contributed by atoms with Gasteiger partial charge in [0.25, 0.3) is 11.8 Å². The number of benzene rings is 2. The van der Waals surface area contributed by atoms with Crippen LogP contribution >= 0.6 is 11.3 Å². The summed E-state index contributed by atoms with van der Waals surface area (Å²) in [7, 11) is 3.05. The van der Waals surface area contributed by atoms with Gasteiger partial charge in [-0.1, -0.05) is 12.1 Å². The van der Waals surface area contributed by atoms with Crippen molar-refractivity contribution >= 4 is 38.9 Å². The molecule has 1 aliphatic rings. The Morgan fingerprint density at radius 3 is 2.75 bits per heavy atom. The van der Waals surface area contributed by atoms with E-state index in [-0.39, 0.29) is 18.5 Å². The van der Waals surface area contributed by atoms with E-state index in [1.165, 1.54) is 24.5 Å². The van der Waals surface area contributed by atoms with Crippen LogP contribution in [0.2, 0.25) is 0 Å². The predicted molar refractivity (Wildman–Crippen MR) is 134 cm³/mol. The van der Waals surface area contributed by atoms with Gasteiger partial charge in [-0.15, -0.1) is 11.3 Å². The molecule has 0 atom stereocenters. The van der Waals surface area contributed by atoms with Crippen molar-refractivity contribution in [1.29, 1.82) is 0 Å². The lowest BCUT2D eigenvalue weighted by atomic mass is 10.1. The first-order valence-electron chi connectivity index (χ1n) is 11.2. The highest BCUT2D eigenvalue weighted by molar-refractivity contribution is 7.17. The number of amides is 2. The summed E-state index contributed by atoms with van der Waals surface area (Å²) in [6, 6.07) is 9.62. The SMILES string of the molecule is COCCC(=NNC(=O)CNC(=O)c1ccc(OC2COC2)c(OC)c1)c1csc2c(F)cccc12. The van der Waals surface area contributed by atoms with E-state index < -0.39 is 11.8 Å². The molecule has 2 N–H and O–H groups in total. The van der Waals surface area contributed by atoms with Gasteiger partial charge in [-0.25, -0.2) is 9.82 Å². The molecule has 3 aromatic rings. The fraction of sp³-hybridized carbons (Fsp3) is 0.320. The Morgan fingerprint density at radius 2 is 2.03 bits per heavy atom. The number of fused-ring (bicyclic) bond motifs is 1. The van der Waals surface area contributed by atoms with E-state index in [0.29, 0.717) is 59.1 Å². The highest BCUT2D eigenvalue weighted by Gasteiger charge is 2.22. The molecule has 0 bridgehead atoms. The summed E-state index contributed by atoms with van der Waals surface area (Å²) in [6.45, 7) is 1.09. The third-order valence-electron chi connectivity index (χ3n) is 5.46. The van der Waals surface area contributed by atoms with Gasteiger partial charge in [-0.2, -0.15) is 5.10 Å². The minimum Gasteiger partial charge on any atom is -0.493 e. The second kappa shape index (κ2) is 11.9. The van der Waals surface area contributed by atoms with E-state index in [2.05, 4.69) is 15.8 Å². The number of hydrogen-bond acceptors (Lipinski definition) is 8. The van der Waals surface area contributed by atoms with E-state index in [4.69, 9.17) is 18.9 Å². The van der Waals surface area contributed by atoms with Gasteiger partial charge in [0.15, 0.2) is 11.5 Å². The van der Waals surface area contributed by atoms with E-state index in [1.807, 2.05) is 0 Å². The Balaban J connectivity index is 1.38. The van der Waals surface area contributed by atoms with Crippen LogP contribution in [0.5, 0.6) is 11.5 Å². The first-order valence-corrected chi connectivity index (χ1v) is 12.1. The van der Waals surface area contributed by atoms with Crippen molar-refractivity contribution in [1.82, 2.24) is 10.7 Å². The van der Waals surface area contributed by atoms with Crippen LogP contribution in [0.3, 0.4) is 0 Å². The van der Waals surface area contributed by atoms with Gasteiger partial charge in [0, 0.05) is 35.4 Å². The molecule has 190 valence electrons. The van der Waals surface area contributed by atoms with Crippen LogP contribution in [0.4, 0.5) is 4.39 Å². The average Bonchev–Trinajstić information content (AvgIpc) is 3.30. The van der Waals surface area contributed by atoms with Gasteiger partial charge >= 0.3 is 0 Å². The van der Waals surface area contributed by atoms with Crippen molar-refractivity contribution in [3.05, 3.63) is 58.7 Å². The molecule has 2 heterocycles. The second-order valence-electron chi connectivity index (χ2n) is 7.93. The van der Waals surface area contributed by atoms with Gasteiger partial charge < -0.3 is 24.3 Å². The number of carbonyl (C=O) groups excluding carboxylic acids is 2. The van der Waals surface area contributed by atoms with Crippen molar-refractivity contribution in [3.8, 4) is 11.5 Å². The smallest absolute Gasteiger partial charge is 0.259 e. The summed E-state index contributed by atoms with van der Waals surface area (Å²) in [5.41, 5.74) is 4.05. The van der Waals surface area contributed by atoms with E-state index in [9.17, 15) is 14.0 Å². The lowest BCUT2D eigenvalue weighted by molar-refractivity contribution is -0.120. The molecule has 0 saturated carbocycles. The van der Waals surface area contributed by atoms with Gasteiger partial charge in [-0.3, -0.25) is 9.59 Å². The minimum atomic E-state index is -0.513. The largest absolute Gasteiger partial charge is 0.493 e.